The lowest BCUT2D eigenvalue weighted by Gasteiger charge is -2.10. The van der Waals surface area contributed by atoms with E-state index >= 15 is 0 Å². The van der Waals surface area contributed by atoms with Crippen LogP contribution in [0.1, 0.15) is 12.6 Å². The Morgan fingerprint density at radius 2 is 1.93 bits per heavy atom. The third-order valence-corrected chi connectivity index (χ3v) is 5.17. The zero-order valence-corrected chi connectivity index (χ0v) is 16.3. The molecule has 140 valence electrons. The maximum absolute atomic E-state index is 14.6. The Bertz CT molecular complexity index is 1100. The van der Waals surface area contributed by atoms with Crippen molar-refractivity contribution in [2.75, 3.05) is 0 Å². The number of rotatable bonds is 5. The molecule has 0 saturated carbocycles. The summed E-state index contributed by atoms with van der Waals surface area (Å²) in [5.74, 6) is 0.145. The summed E-state index contributed by atoms with van der Waals surface area (Å²) >= 11 is 7.13. The van der Waals surface area contributed by atoms with E-state index in [-0.39, 0.29) is 5.03 Å². The van der Waals surface area contributed by atoms with Crippen LogP contribution in [0.2, 0.25) is 5.02 Å². The van der Waals surface area contributed by atoms with Crippen LogP contribution < -0.4 is 0 Å². The number of benzene rings is 1. The van der Waals surface area contributed by atoms with Crippen molar-refractivity contribution >= 4 is 23.4 Å². The number of nitrogens with zero attached hydrogens (tertiary/aromatic N) is 6. The molecular weight excluding hydrogens is 399 g/mol. The Morgan fingerprint density at radius 3 is 2.64 bits per heavy atom. The summed E-state index contributed by atoms with van der Waals surface area (Å²) < 4.78 is 16.5. The van der Waals surface area contributed by atoms with E-state index in [4.69, 9.17) is 11.6 Å². The van der Waals surface area contributed by atoms with Crippen LogP contribution in [0.4, 0.5) is 4.39 Å². The smallest absolute Gasteiger partial charge is 0.202 e. The number of aryl methyl sites for hydroxylation is 1. The molecule has 0 bridgehead atoms. The minimum Gasteiger partial charge on any atom is -0.270 e. The van der Waals surface area contributed by atoms with Crippen molar-refractivity contribution in [3.05, 3.63) is 71.7 Å². The average molecular weight is 413 g/mol. The first-order valence-corrected chi connectivity index (χ1v) is 9.65. The van der Waals surface area contributed by atoms with Crippen LogP contribution >= 0.6 is 23.4 Å². The second-order valence-corrected chi connectivity index (χ2v) is 7.15. The molecule has 4 rings (SSSR count). The van der Waals surface area contributed by atoms with E-state index in [1.807, 2.05) is 35.8 Å². The van der Waals surface area contributed by atoms with Crippen LogP contribution in [0.3, 0.4) is 0 Å². The standard InChI is InChI=1S/C19H14ClFN6S/c1-2-15-16(21)18(24-11-23-15)28-19-26-25-17(12-4-3-9-22-10-12)27(19)14-7-5-13(20)6-8-14/h3-11H,2H2,1H3. The van der Waals surface area contributed by atoms with E-state index in [1.54, 1.807) is 24.5 Å². The molecule has 4 aromatic rings. The molecule has 0 fully saturated rings. The van der Waals surface area contributed by atoms with Crippen LogP contribution in [0, 0.1) is 5.82 Å². The Morgan fingerprint density at radius 1 is 1.11 bits per heavy atom. The number of aromatic nitrogens is 6. The van der Waals surface area contributed by atoms with Gasteiger partial charge in [0.2, 0.25) is 5.16 Å². The number of hydrogen-bond acceptors (Lipinski definition) is 6. The first kappa shape index (κ1) is 18.5. The van der Waals surface area contributed by atoms with Crippen molar-refractivity contribution in [2.45, 2.75) is 23.5 Å². The summed E-state index contributed by atoms with van der Waals surface area (Å²) in [6.07, 6.45) is 5.22. The molecule has 3 aromatic heterocycles. The molecule has 0 unspecified atom stereocenters. The lowest BCUT2D eigenvalue weighted by atomic mass is 10.2. The molecule has 9 heteroatoms. The van der Waals surface area contributed by atoms with Crippen LogP contribution in [-0.2, 0) is 6.42 Å². The SMILES string of the molecule is CCc1ncnc(Sc2nnc(-c3cccnc3)n2-c2ccc(Cl)cc2)c1F. The Balaban J connectivity index is 1.84. The van der Waals surface area contributed by atoms with E-state index < -0.39 is 5.82 Å². The highest BCUT2D eigenvalue weighted by Gasteiger charge is 2.20. The predicted octanol–water partition coefficient (Wildman–Crippen LogP) is 4.63. The summed E-state index contributed by atoms with van der Waals surface area (Å²) in [5.41, 5.74) is 1.94. The Kier molecular flexibility index (Phi) is 5.31. The number of pyridine rings is 1. The van der Waals surface area contributed by atoms with E-state index in [2.05, 4.69) is 25.1 Å². The van der Waals surface area contributed by atoms with Gasteiger partial charge >= 0.3 is 0 Å². The fourth-order valence-electron chi connectivity index (χ4n) is 2.63. The molecule has 0 aliphatic carbocycles. The van der Waals surface area contributed by atoms with Gasteiger partial charge < -0.3 is 0 Å². The average Bonchev–Trinajstić information content (AvgIpc) is 3.14. The summed E-state index contributed by atoms with van der Waals surface area (Å²) in [7, 11) is 0. The molecule has 0 aliphatic heterocycles. The minimum atomic E-state index is -0.441. The van der Waals surface area contributed by atoms with Crippen molar-refractivity contribution < 1.29 is 4.39 Å². The molecule has 3 heterocycles. The highest BCUT2D eigenvalue weighted by molar-refractivity contribution is 7.99. The van der Waals surface area contributed by atoms with Crippen LogP contribution in [0.25, 0.3) is 17.1 Å². The van der Waals surface area contributed by atoms with E-state index in [0.717, 1.165) is 23.0 Å². The van der Waals surface area contributed by atoms with Gasteiger partial charge in [0.05, 0.1) is 5.69 Å². The maximum atomic E-state index is 14.6. The maximum Gasteiger partial charge on any atom is 0.202 e. The summed E-state index contributed by atoms with van der Waals surface area (Å²) in [5, 5.41) is 9.87. The van der Waals surface area contributed by atoms with Gasteiger partial charge in [-0.1, -0.05) is 18.5 Å². The molecule has 0 radical (unpaired) electrons. The predicted molar refractivity (Wildman–Crippen MR) is 105 cm³/mol. The first-order chi connectivity index (χ1) is 13.7. The molecule has 28 heavy (non-hydrogen) atoms. The summed E-state index contributed by atoms with van der Waals surface area (Å²) in [6.45, 7) is 1.84. The Hall–Kier alpha value is -2.84. The normalized spacial score (nSPS) is 11.0. The monoisotopic (exact) mass is 412 g/mol. The van der Waals surface area contributed by atoms with E-state index in [9.17, 15) is 4.39 Å². The highest BCUT2D eigenvalue weighted by Crippen LogP contribution is 2.33. The lowest BCUT2D eigenvalue weighted by Crippen LogP contribution is -2.02. The van der Waals surface area contributed by atoms with Crippen LogP contribution in [-0.4, -0.2) is 29.7 Å². The van der Waals surface area contributed by atoms with Gasteiger partial charge in [-0.25, -0.2) is 14.4 Å². The third kappa shape index (κ3) is 3.61. The molecule has 0 amide bonds. The van der Waals surface area contributed by atoms with Gasteiger partial charge in [-0.05, 0) is 54.6 Å². The van der Waals surface area contributed by atoms with Gasteiger partial charge in [0.15, 0.2) is 11.6 Å². The van der Waals surface area contributed by atoms with Crippen LogP contribution in [0.15, 0.2) is 65.3 Å². The molecule has 0 atom stereocenters. The second-order valence-electron chi connectivity index (χ2n) is 5.75. The number of halogens is 2. The molecule has 0 spiro atoms. The molecule has 6 nitrogen and oxygen atoms in total. The van der Waals surface area contributed by atoms with Crippen LogP contribution in [0.5, 0.6) is 0 Å². The van der Waals surface area contributed by atoms with Crippen molar-refractivity contribution in [1.29, 1.82) is 0 Å². The molecule has 1 aromatic carbocycles. The van der Waals surface area contributed by atoms with Gasteiger partial charge in [0, 0.05) is 28.7 Å². The van der Waals surface area contributed by atoms with E-state index in [1.165, 1.54) is 6.33 Å². The zero-order valence-electron chi connectivity index (χ0n) is 14.8. The topological polar surface area (TPSA) is 69.4 Å². The van der Waals surface area contributed by atoms with Crippen molar-refractivity contribution in [3.8, 4) is 17.1 Å². The van der Waals surface area contributed by atoms with Crippen molar-refractivity contribution in [2.24, 2.45) is 0 Å². The van der Waals surface area contributed by atoms with Gasteiger partial charge in [-0.15, -0.1) is 10.2 Å². The van der Waals surface area contributed by atoms with Crippen molar-refractivity contribution in [3.63, 3.8) is 0 Å². The van der Waals surface area contributed by atoms with Gasteiger partial charge in [-0.3, -0.25) is 9.55 Å². The van der Waals surface area contributed by atoms with Crippen molar-refractivity contribution in [1.82, 2.24) is 29.7 Å². The highest BCUT2D eigenvalue weighted by atomic mass is 35.5. The minimum absolute atomic E-state index is 0.201. The summed E-state index contributed by atoms with van der Waals surface area (Å²) in [4.78, 5) is 12.2. The first-order valence-electron chi connectivity index (χ1n) is 8.46. The number of hydrogen-bond donors (Lipinski definition) is 0. The van der Waals surface area contributed by atoms with E-state index in [0.29, 0.717) is 28.1 Å². The van der Waals surface area contributed by atoms with Gasteiger partial charge in [0.25, 0.3) is 0 Å². The molecule has 0 N–H and O–H groups in total. The fraction of sp³-hybridized carbons (Fsp3) is 0.105. The zero-order chi connectivity index (χ0) is 19.5. The Labute approximate surface area is 169 Å². The quantitative estimate of drug-likeness (QED) is 0.445. The third-order valence-electron chi connectivity index (χ3n) is 3.99. The molecule has 0 aliphatic rings. The second kappa shape index (κ2) is 8.04. The largest absolute Gasteiger partial charge is 0.270 e. The molecule has 0 saturated heterocycles. The van der Waals surface area contributed by atoms with Gasteiger partial charge in [-0.2, -0.15) is 0 Å². The fourth-order valence-corrected chi connectivity index (χ4v) is 3.60. The lowest BCUT2D eigenvalue weighted by molar-refractivity contribution is 0.559. The molecular formula is C19H14ClFN6S. The van der Waals surface area contributed by atoms with Gasteiger partial charge in [0.1, 0.15) is 11.4 Å². The summed E-state index contributed by atoms with van der Waals surface area (Å²) in [6, 6.07) is 11.0.